The first-order chi connectivity index (χ1) is 13.7. The molecule has 4 aromatic rings. The zero-order valence-corrected chi connectivity index (χ0v) is 15.6. The van der Waals surface area contributed by atoms with Crippen LogP contribution in [0.25, 0.3) is 27.8 Å². The maximum Gasteiger partial charge on any atom is 0.308 e. The van der Waals surface area contributed by atoms with Crippen molar-refractivity contribution in [1.82, 2.24) is 4.57 Å². The van der Waals surface area contributed by atoms with Gasteiger partial charge in [0.2, 0.25) is 0 Å². The lowest BCUT2D eigenvalue weighted by molar-refractivity contribution is -0.134. The van der Waals surface area contributed by atoms with Crippen molar-refractivity contribution in [1.29, 1.82) is 0 Å². The number of rotatable bonds is 2. The van der Waals surface area contributed by atoms with Crippen molar-refractivity contribution in [2.75, 3.05) is 0 Å². The summed E-state index contributed by atoms with van der Waals surface area (Å²) in [5, 5.41) is 2.32. The van der Waals surface area contributed by atoms with Crippen LogP contribution in [-0.4, -0.2) is 10.5 Å². The first-order valence-electron chi connectivity index (χ1n) is 9.38. The van der Waals surface area contributed by atoms with Crippen LogP contribution in [0.5, 0.6) is 0 Å². The van der Waals surface area contributed by atoms with E-state index >= 15 is 0 Å². The van der Waals surface area contributed by atoms with Crippen LogP contribution in [0.2, 0.25) is 0 Å². The lowest BCUT2D eigenvalue weighted by atomic mass is 9.92. The molecule has 0 amide bonds. The highest BCUT2D eigenvalue weighted by atomic mass is 16.5. The summed E-state index contributed by atoms with van der Waals surface area (Å²) in [7, 11) is 0. The van der Waals surface area contributed by atoms with Gasteiger partial charge in [0.15, 0.2) is 5.76 Å². The number of hydrogen-bond acceptors (Lipinski definition) is 2. The van der Waals surface area contributed by atoms with E-state index in [4.69, 9.17) is 4.74 Å². The molecule has 0 saturated heterocycles. The second-order valence-electron chi connectivity index (χ2n) is 7.00. The van der Waals surface area contributed by atoms with E-state index < -0.39 is 0 Å². The molecule has 3 heteroatoms. The van der Waals surface area contributed by atoms with E-state index in [0.717, 1.165) is 27.9 Å². The predicted octanol–water partition coefficient (Wildman–Crippen LogP) is 5.62. The van der Waals surface area contributed by atoms with Crippen molar-refractivity contribution in [3.63, 3.8) is 0 Å². The maximum atomic E-state index is 12.0. The third-order valence-electron chi connectivity index (χ3n) is 5.23. The molecule has 0 spiro atoms. The van der Waals surface area contributed by atoms with E-state index in [-0.39, 0.29) is 5.97 Å². The van der Waals surface area contributed by atoms with E-state index in [1.807, 2.05) is 36.5 Å². The van der Waals surface area contributed by atoms with E-state index in [0.29, 0.717) is 12.2 Å². The number of hydrogen-bond donors (Lipinski definition) is 0. The Balaban J connectivity index is 1.86. The van der Waals surface area contributed by atoms with Gasteiger partial charge in [-0.2, -0.15) is 0 Å². The Labute approximate surface area is 163 Å². The summed E-state index contributed by atoms with van der Waals surface area (Å²) >= 11 is 0. The van der Waals surface area contributed by atoms with Crippen LogP contribution < -0.4 is 0 Å². The van der Waals surface area contributed by atoms with Gasteiger partial charge in [-0.1, -0.05) is 60.7 Å². The fourth-order valence-electron chi connectivity index (χ4n) is 4.06. The number of carbonyl (C=O) groups excluding carboxylic acids is 1. The Bertz CT molecular complexity index is 1240. The van der Waals surface area contributed by atoms with Crippen molar-refractivity contribution >= 4 is 28.1 Å². The Kier molecular flexibility index (Phi) is 3.87. The summed E-state index contributed by atoms with van der Waals surface area (Å²) in [6, 6.07) is 26.9. The summed E-state index contributed by atoms with van der Waals surface area (Å²) in [5.41, 5.74) is 5.33. The molecular formula is C25H19NO2. The fraction of sp³-hybridized carbons (Fsp3) is 0.0800. The minimum absolute atomic E-state index is 0.313. The van der Waals surface area contributed by atoms with Gasteiger partial charge in [-0.05, 0) is 40.1 Å². The fourth-order valence-corrected chi connectivity index (χ4v) is 4.06. The highest BCUT2D eigenvalue weighted by Crippen LogP contribution is 2.39. The standard InChI is InChI=1S/C25H19NO2/c1-17(27)28-25-22(21-12-6-10-18-8-2-4-11-20(18)21)16-19-9-3-5-13-23(19)26-15-7-14-24(25)26/h2-15H,16H2,1H3. The molecule has 0 saturated carbocycles. The largest absolute Gasteiger partial charge is 0.424 e. The SMILES string of the molecule is CC(=O)OC1=C(c2cccc3ccccc23)Cc2ccccc2-n2cccc21. The summed E-state index contributed by atoms with van der Waals surface area (Å²) in [6.07, 6.45) is 2.71. The van der Waals surface area contributed by atoms with E-state index in [9.17, 15) is 4.79 Å². The quantitative estimate of drug-likeness (QED) is 0.432. The second-order valence-corrected chi connectivity index (χ2v) is 7.00. The number of para-hydroxylation sites is 1. The zero-order chi connectivity index (χ0) is 19.1. The van der Waals surface area contributed by atoms with Crippen LogP contribution in [0, 0.1) is 0 Å². The second kappa shape index (κ2) is 6.54. The van der Waals surface area contributed by atoms with E-state index in [1.165, 1.54) is 17.9 Å². The summed E-state index contributed by atoms with van der Waals surface area (Å²) in [5.74, 6) is 0.316. The number of benzene rings is 3. The number of ether oxygens (including phenoxy) is 1. The Morgan fingerprint density at radius 3 is 2.57 bits per heavy atom. The Morgan fingerprint density at radius 1 is 0.893 bits per heavy atom. The minimum Gasteiger partial charge on any atom is -0.424 e. The zero-order valence-electron chi connectivity index (χ0n) is 15.6. The highest BCUT2D eigenvalue weighted by molar-refractivity contribution is 6.02. The van der Waals surface area contributed by atoms with Crippen molar-refractivity contribution in [2.45, 2.75) is 13.3 Å². The molecular weight excluding hydrogens is 346 g/mol. The molecule has 1 aliphatic heterocycles. The van der Waals surface area contributed by atoms with Gasteiger partial charge >= 0.3 is 5.97 Å². The maximum absolute atomic E-state index is 12.0. The van der Waals surface area contributed by atoms with Crippen LogP contribution in [0.4, 0.5) is 0 Å². The van der Waals surface area contributed by atoms with Crippen LogP contribution in [0.1, 0.15) is 23.7 Å². The van der Waals surface area contributed by atoms with Gasteiger partial charge in [0.25, 0.3) is 0 Å². The molecule has 2 heterocycles. The molecule has 0 radical (unpaired) electrons. The monoisotopic (exact) mass is 365 g/mol. The van der Waals surface area contributed by atoms with Crippen molar-refractivity contribution in [3.05, 3.63) is 102 Å². The molecule has 3 nitrogen and oxygen atoms in total. The number of carbonyl (C=O) groups is 1. The third-order valence-corrected chi connectivity index (χ3v) is 5.23. The molecule has 0 atom stereocenters. The first-order valence-corrected chi connectivity index (χ1v) is 9.38. The molecule has 1 aromatic heterocycles. The molecule has 1 aliphatic rings. The molecule has 28 heavy (non-hydrogen) atoms. The summed E-state index contributed by atoms with van der Waals surface area (Å²) in [6.45, 7) is 1.46. The predicted molar refractivity (Wildman–Crippen MR) is 112 cm³/mol. The molecule has 0 N–H and O–H groups in total. The number of fused-ring (bicyclic) bond motifs is 4. The number of aromatic nitrogens is 1. The van der Waals surface area contributed by atoms with Gasteiger partial charge in [0.05, 0.1) is 5.69 Å². The van der Waals surface area contributed by atoms with Crippen molar-refractivity contribution in [3.8, 4) is 5.69 Å². The number of esters is 1. The normalized spacial score (nSPS) is 13.0. The van der Waals surface area contributed by atoms with Crippen LogP contribution in [-0.2, 0) is 16.0 Å². The molecule has 136 valence electrons. The molecule has 5 rings (SSSR count). The van der Waals surface area contributed by atoms with Gasteiger partial charge in [-0.15, -0.1) is 0 Å². The Hall–Kier alpha value is -3.59. The average molecular weight is 365 g/mol. The minimum atomic E-state index is -0.313. The topological polar surface area (TPSA) is 31.2 Å². The van der Waals surface area contributed by atoms with Gasteiger partial charge in [0.1, 0.15) is 0 Å². The van der Waals surface area contributed by atoms with Gasteiger partial charge in [-0.3, -0.25) is 4.79 Å². The molecule has 0 unspecified atom stereocenters. The first kappa shape index (κ1) is 16.6. The lowest BCUT2D eigenvalue weighted by Crippen LogP contribution is -2.05. The van der Waals surface area contributed by atoms with Crippen LogP contribution >= 0.6 is 0 Å². The Morgan fingerprint density at radius 2 is 1.68 bits per heavy atom. The van der Waals surface area contributed by atoms with E-state index in [2.05, 4.69) is 53.1 Å². The van der Waals surface area contributed by atoms with Gasteiger partial charge in [0, 0.05) is 30.8 Å². The average Bonchev–Trinajstić information content (AvgIpc) is 3.15. The highest BCUT2D eigenvalue weighted by Gasteiger charge is 2.25. The van der Waals surface area contributed by atoms with Crippen LogP contribution in [0.3, 0.4) is 0 Å². The third kappa shape index (κ3) is 2.64. The molecule has 0 bridgehead atoms. The van der Waals surface area contributed by atoms with Crippen molar-refractivity contribution in [2.24, 2.45) is 0 Å². The molecule has 3 aromatic carbocycles. The number of allylic oxidation sites excluding steroid dienone is 1. The molecule has 0 aliphatic carbocycles. The lowest BCUT2D eigenvalue weighted by Gasteiger charge is -2.15. The number of nitrogens with zero attached hydrogens (tertiary/aromatic N) is 1. The van der Waals surface area contributed by atoms with Crippen LogP contribution in [0.15, 0.2) is 85.1 Å². The van der Waals surface area contributed by atoms with Crippen molar-refractivity contribution < 1.29 is 9.53 Å². The van der Waals surface area contributed by atoms with Gasteiger partial charge in [-0.25, -0.2) is 0 Å². The van der Waals surface area contributed by atoms with Gasteiger partial charge < -0.3 is 9.30 Å². The summed E-state index contributed by atoms with van der Waals surface area (Å²) in [4.78, 5) is 12.0. The molecule has 0 fully saturated rings. The van der Waals surface area contributed by atoms with E-state index in [1.54, 1.807) is 0 Å². The summed E-state index contributed by atoms with van der Waals surface area (Å²) < 4.78 is 7.93. The smallest absolute Gasteiger partial charge is 0.308 e.